The van der Waals surface area contributed by atoms with Crippen LogP contribution in [-0.2, 0) is 17.2 Å². The Morgan fingerprint density at radius 1 is 1.25 bits per heavy atom. The van der Waals surface area contributed by atoms with Gasteiger partial charge in [0.15, 0.2) is 0 Å². The molecule has 3 rings (SSSR count). The molecule has 2 aromatic carbocycles. The topological polar surface area (TPSA) is 52.3 Å². The maximum Gasteiger partial charge on any atom is 0.123 e. The Morgan fingerprint density at radius 3 is 2.75 bits per heavy atom. The van der Waals surface area contributed by atoms with Gasteiger partial charge in [-0.1, -0.05) is 17.7 Å². The third-order valence-electron chi connectivity index (χ3n) is 3.44. The molecule has 0 saturated heterocycles. The molecule has 0 saturated carbocycles. The van der Waals surface area contributed by atoms with E-state index in [1.54, 1.807) is 12.1 Å². The monoisotopic (exact) mass is 287 g/mol. The first kappa shape index (κ1) is 13.2. The lowest BCUT2D eigenvalue weighted by Gasteiger charge is -2.10. The number of fused-ring (bicyclic) bond motifs is 1. The zero-order valence-corrected chi connectivity index (χ0v) is 12.2. The molecule has 0 amide bonds. The molecule has 0 radical (unpaired) electrons. The summed E-state index contributed by atoms with van der Waals surface area (Å²) in [5.41, 5.74) is 8.77. The van der Waals surface area contributed by atoms with Gasteiger partial charge in [0.25, 0.3) is 0 Å². The van der Waals surface area contributed by atoms with Crippen LogP contribution < -0.4 is 10.5 Å². The van der Waals surface area contributed by atoms with Gasteiger partial charge in [0.1, 0.15) is 11.9 Å². The van der Waals surface area contributed by atoms with Crippen molar-refractivity contribution in [3.63, 3.8) is 0 Å². The molecule has 0 spiro atoms. The SMILES string of the molecule is Cc1ccc2c(c1)CC(CS(=O)c1ccc(N)cc1)O2. The standard InChI is InChI=1S/C16H17NO2S/c1-11-2-7-16-12(8-11)9-14(19-16)10-20(18)15-5-3-13(17)4-6-15/h2-8,14H,9-10,17H2,1H3. The summed E-state index contributed by atoms with van der Waals surface area (Å²) in [4.78, 5) is 0.801. The van der Waals surface area contributed by atoms with E-state index in [1.807, 2.05) is 24.3 Å². The molecule has 1 aliphatic rings. The number of hydrogen-bond donors (Lipinski definition) is 1. The predicted molar refractivity (Wildman–Crippen MR) is 81.4 cm³/mol. The van der Waals surface area contributed by atoms with E-state index in [9.17, 15) is 4.21 Å². The Kier molecular flexibility index (Phi) is 3.49. The summed E-state index contributed by atoms with van der Waals surface area (Å²) in [7, 11) is -1.06. The average Bonchev–Trinajstić information content (AvgIpc) is 2.80. The van der Waals surface area contributed by atoms with Crippen LogP contribution >= 0.6 is 0 Å². The lowest BCUT2D eigenvalue weighted by Crippen LogP contribution is -2.21. The third kappa shape index (κ3) is 2.70. The molecular weight excluding hydrogens is 270 g/mol. The van der Waals surface area contributed by atoms with Crippen molar-refractivity contribution in [2.45, 2.75) is 24.3 Å². The lowest BCUT2D eigenvalue weighted by atomic mass is 10.1. The second-order valence-corrected chi connectivity index (χ2v) is 6.63. The average molecular weight is 287 g/mol. The highest BCUT2D eigenvalue weighted by atomic mass is 32.2. The third-order valence-corrected chi connectivity index (χ3v) is 4.91. The predicted octanol–water partition coefficient (Wildman–Crippen LogP) is 2.69. The zero-order chi connectivity index (χ0) is 14.1. The minimum Gasteiger partial charge on any atom is -0.489 e. The van der Waals surface area contributed by atoms with Crippen molar-refractivity contribution in [3.8, 4) is 5.75 Å². The van der Waals surface area contributed by atoms with E-state index in [2.05, 4.69) is 13.0 Å². The molecular formula is C16H17NO2S. The maximum atomic E-state index is 12.3. The number of anilines is 1. The molecule has 3 nitrogen and oxygen atoms in total. The Labute approximate surface area is 121 Å². The van der Waals surface area contributed by atoms with Crippen molar-refractivity contribution in [1.82, 2.24) is 0 Å². The maximum absolute atomic E-state index is 12.3. The van der Waals surface area contributed by atoms with Gasteiger partial charge in [0, 0.05) is 17.0 Å². The van der Waals surface area contributed by atoms with Crippen LogP contribution in [0.15, 0.2) is 47.4 Å². The second kappa shape index (κ2) is 5.29. The van der Waals surface area contributed by atoms with Crippen LogP contribution in [0.4, 0.5) is 5.69 Å². The Bertz CT molecular complexity index is 652. The number of hydrogen-bond acceptors (Lipinski definition) is 3. The van der Waals surface area contributed by atoms with Crippen molar-refractivity contribution >= 4 is 16.5 Å². The van der Waals surface area contributed by atoms with E-state index in [0.717, 1.165) is 17.1 Å². The van der Waals surface area contributed by atoms with Gasteiger partial charge in [0.2, 0.25) is 0 Å². The molecule has 2 aromatic rings. The van der Waals surface area contributed by atoms with E-state index in [0.29, 0.717) is 11.4 Å². The Morgan fingerprint density at radius 2 is 2.00 bits per heavy atom. The van der Waals surface area contributed by atoms with E-state index in [1.165, 1.54) is 11.1 Å². The first-order valence-corrected chi connectivity index (χ1v) is 7.94. The molecule has 104 valence electrons. The Hall–Kier alpha value is -1.81. The number of benzene rings is 2. The molecule has 0 aromatic heterocycles. The summed E-state index contributed by atoms with van der Waals surface area (Å²) in [5, 5.41) is 0. The van der Waals surface area contributed by atoms with Crippen molar-refractivity contribution in [3.05, 3.63) is 53.6 Å². The molecule has 20 heavy (non-hydrogen) atoms. The van der Waals surface area contributed by atoms with Gasteiger partial charge in [-0.2, -0.15) is 0 Å². The van der Waals surface area contributed by atoms with Crippen LogP contribution in [0.1, 0.15) is 11.1 Å². The van der Waals surface area contributed by atoms with Crippen LogP contribution in [-0.4, -0.2) is 16.1 Å². The zero-order valence-electron chi connectivity index (χ0n) is 11.3. The van der Waals surface area contributed by atoms with Crippen LogP contribution in [0.2, 0.25) is 0 Å². The smallest absolute Gasteiger partial charge is 0.123 e. The number of nitrogens with two attached hydrogens (primary N) is 1. The van der Waals surface area contributed by atoms with Gasteiger partial charge in [-0.25, -0.2) is 0 Å². The van der Waals surface area contributed by atoms with E-state index < -0.39 is 10.8 Å². The number of aryl methyl sites for hydroxylation is 1. The lowest BCUT2D eigenvalue weighted by molar-refractivity contribution is 0.258. The number of rotatable bonds is 3. The number of ether oxygens (including phenoxy) is 1. The second-order valence-electron chi connectivity index (χ2n) is 5.14. The fraction of sp³-hybridized carbons (Fsp3) is 0.250. The minimum atomic E-state index is -1.06. The quantitative estimate of drug-likeness (QED) is 0.883. The van der Waals surface area contributed by atoms with Crippen LogP contribution in [0.5, 0.6) is 5.75 Å². The molecule has 0 bridgehead atoms. The van der Waals surface area contributed by atoms with E-state index in [-0.39, 0.29) is 6.10 Å². The van der Waals surface area contributed by atoms with Crippen molar-refractivity contribution < 1.29 is 8.95 Å². The van der Waals surface area contributed by atoms with Gasteiger partial charge >= 0.3 is 0 Å². The highest BCUT2D eigenvalue weighted by molar-refractivity contribution is 7.85. The van der Waals surface area contributed by atoms with Gasteiger partial charge < -0.3 is 10.5 Å². The summed E-state index contributed by atoms with van der Waals surface area (Å²) < 4.78 is 18.2. The van der Waals surface area contributed by atoms with Crippen LogP contribution in [0.25, 0.3) is 0 Å². The van der Waals surface area contributed by atoms with Crippen LogP contribution in [0, 0.1) is 6.92 Å². The largest absolute Gasteiger partial charge is 0.489 e. The van der Waals surface area contributed by atoms with Gasteiger partial charge in [-0.05, 0) is 42.8 Å². The fourth-order valence-electron chi connectivity index (χ4n) is 2.43. The molecule has 2 N–H and O–H groups in total. The van der Waals surface area contributed by atoms with Crippen molar-refractivity contribution in [2.75, 3.05) is 11.5 Å². The highest BCUT2D eigenvalue weighted by Gasteiger charge is 2.25. The van der Waals surface area contributed by atoms with Crippen LogP contribution in [0.3, 0.4) is 0 Å². The molecule has 0 aliphatic carbocycles. The van der Waals surface area contributed by atoms with E-state index in [4.69, 9.17) is 10.5 Å². The molecule has 4 heteroatoms. The van der Waals surface area contributed by atoms with Gasteiger partial charge in [0.05, 0.1) is 16.6 Å². The van der Waals surface area contributed by atoms with Crippen molar-refractivity contribution in [2.24, 2.45) is 0 Å². The highest BCUT2D eigenvalue weighted by Crippen LogP contribution is 2.30. The summed E-state index contributed by atoms with van der Waals surface area (Å²) in [6, 6.07) is 13.4. The van der Waals surface area contributed by atoms with Gasteiger partial charge in [-0.15, -0.1) is 0 Å². The summed E-state index contributed by atoms with van der Waals surface area (Å²) in [6.07, 6.45) is 0.822. The molecule has 1 heterocycles. The van der Waals surface area contributed by atoms with Crippen molar-refractivity contribution in [1.29, 1.82) is 0 Å². The summed E-state index contributed by atoms with van der Waals surface area (Å²) in [5.74, 6) is 1.44. The first-order chi connectivity index (χ1) is 9.61. The molecule has 2 unspecified atom stereocenters. The summed E-state index contributed by atoms with van der Waals surface area (Å²) >= 11 is 0. The Balaban J connectivity index is 1.68. The molecule has 2 atom stereocenters. The molecule has 0 fully saturated rings. The molecule has 1 aliphatic heterocycles. The van der Waals surface area contributed by atoms with Gasteiger partial charge in [-0.3, -0.25) is 4.21 Å². The summed E-state index contributed by atoms with van der Waals surface area (Å²) in [6.45, 7) is 2.07. The first-order valence-electron chi connectivity index (χ1n) is 6.62. The number of nitrogen functional groups attached to an aromatic ring is 1. The normalized spacial score (nSPS) is 18.4. The van der Waals surface area contributed by atoms with E-state index >= 15 is 0 Å². The minimum absolute atomic E-state index is 0.00909. The fourth-order valence-corrected chi connectivity index (χ4v) is 3.58.